The summed E-state index contributed by atoms with van der Waals surface area (Å²) in [5.41, 5.74) is 5.85. The second-order valence-corrected chi connectivity index (χ2v) is 9.67. The van der Waals surface area contributed by atoms with E-state index in [4.69, 9.17) is 4.52 Å². The van der Waals surface area contributed by atoms with Crippen LogP contribution in [0.2, 0.25) is 0 Å². The molecule has 0 saturated heterocycles. The molecule has 33 heavy (non-hydrogen) atoms. The molecule has 0 radical (unpaired) electrons. The van der Waals surface area contributed by atoms with Gasteiger partial charge in [0.15, 0.2) is 0 Å². The number of carbonyl (C=O) groups excluding carboxylic acids is 1. The molecule has 1 aliphatic carbocycles. The van der Waals surface area contributed by atoms with E-state index in [1.807, 2.05) is 24.3 Å². The number of aromatic nitrogens is 1. The summed E-state index contributed by atoms with van der Waals surface area (Å²) in [6, 6.07) is 13.6. The summed E-state index contributed by atoms with van der Waals surface area (Å²) in [6.45, 7) is 10.6. The van der Waals surface area contributed by atoms with E-state index in [0.717, 1.165) is 23.2 Å². The predicted molar refractivity (Wildman–Crippen MR) is 129 cm³/mol. The topological polar surface area (TPSA) is 55.1 Å². The van der Waals surface area contributed by atoms with E-state index < -0.39 is 0 Å². The summed E-state index contributed by atoms with van der Waals surface area (Å²) in [5.74, 6) is 0.527. The van der Waals surface area contributed by atoms with Crippen LogP contribution < -0.4 is 5.32 Å². The van der Waals surface area contributed by atoms with Crippen molar-refractivity contribution in [3.63, 3.8) is 0 Å². The Bertz CT molecular complexity index is 1240. The number of rotatable bonds is 4. The molecule has 1 unspecified atom stereocenters. The molecule has 1 amide bonds. The van der Waals surface area contributed by atoms with Crippen LogP contribution >= 0.6 is 0 Å². The fourth-order valence-corrected chi connectivity index (χ4v) is 4.50. The van der Waals surface area contributed by atoms with Gasteiger partial charge in [0.1, 0.15) is 17.3 Å². The van der Waals surface area contributed by atoms with Crippen LogP contribution in [0, 0.1) is 24.1 Å². The molecule has 0 bridgehead atoms. The molecule has 1 aliphatic rings. The molecule has 1 atom stereocenters. The number of nitrogens with one attached hydrogen (secondary N) is 1. The molecule has 0 saturated carbocycles. The Kier molecular flexibility index (Phi) is 6.07. The van der Waals surface area contributed by atoms with Crippen LogP contribution in [-0.2, 0) is 0 Å². The molecule has 3 aromatic rings. The summed E-state index contributed by atoms with van der Waals surface area (Å²) in [4.78, 5) is 12.8. The number of amides is 1. The van der Waals surface area contributed by atoms with E-state index in [9.17, 15) is 9.18 Å². The standard InChI is InChI=1S/C28H29FN2O2/c1-17-15-23(13-14-24(17)28(3,4)5)30-27(32)20-11-9-19(10-12-20)26-25(18(2)33-31-26)21-7-6-8-22(29)16-21/h6-14,16-17H,15H2,1-5H3,(H,30,32). The molecule has 4 rings (SSSR count). The average Bonchev–Trinajstić information content (AvgIpc) is 3.14. The van der Waals surface area contributed by atoms with Crippen molar-refractivity contribution in [2.24, 2.45) is 11.3 Å². The number of hydrogen-bond acceptors (Lipinski definition) is 3. The van der Waals surface area contributed by atoms with E-state index in [0.29, 0.717) is 28.5 Å². The number of nitrogens with zero attached hydrogens (tertiary/aromatic N) is 1. The summed E-state index contributed by atoms with van der Waals surface area (Å²) in [5, 5.41) is 7.23. The first kappa shape index (κ1) is 22.7. The Morgan fingerprint density at radius 3 is 2.45 bits per heavy atom. The summed E-state index contributed by atoms with van der Waals surface area (Å²) < 4.78 is 19.2. The highest BCUT2D eigenvalue weighted by molar-refractivity contribution is 5.96. The van der Waals surface area contributed by atoms with E-state index in [-0.39, 0.29) is 17.1 Å². The van der Waals surface area contributed by atoms with Gasteiger partial charge in [-0.05, 0) is 60.6 Å². The number of allylic oxidation sites excluding steroid dienone is 4. The second kappa shape index (κ2) is 8.81. The first-order valence-electron chi connectivity index (χ1n) is 11.2. The summed E-state index contributed by atoms with van der Waals surface area (Å²) in [6.07, 6.45) is 4.95. The van der Waals surface area contributed by atoms with Gasteiger partial charge in [0, 0.05) is 16.8 Å². The lowest BCUT2D eigenvalue weighted by molar-refractivity contribution is 0.0963. The molecule has 4 nitrogen and oxygen atoms in total. The van der Waals surface area contributed by atoms with Crippen LogP contribution in [-0.4, -0.2) is 11.1 Å². The van der Waals surface area contributed by atoms with Crippen LogP contribution in [0.5, 0.6) is 0 Å². The van der Waals surface area contributed by atoms with E-state index in [1.165, 1.54) is 17.7 Å². The lowest BCUT2D eigenvalue weighted by atomic mass is 9.75. The fourth-order valence-electron chi connectivity index (χ4n) is 4.50. The molecule has 170 valence electrons. The Morgan fingerprint density at radius 1 is 1.09 bits per heavy atom. The molecule has 1 heterocycles. The molecule has 1 N–H and O–H groups in total. The zero-order valence-electron chi connectivity index (χ0n) is 19.7. The van der Waals surface area contributed by atoms with E-state index >= 15 is 0 Å². The fraction of sp³-hybridized carbons (Fsp3) is 0.286. The maximum atomic E-state index is 13.8. The summed E-state index contributed by atoms with van der Waals surface area (Å²) in [7, 11) is 0. The molecule has 0 aliphatic heterocycles. The van der Waals surface area contributed by atoms with Crippen LogP contribution in [0.15, 0.2) is 76.5 Å². The van der Waals surface area contributed by atoms with Crippen molar-refractivity contribution in [2.45, 2.75) is 41.0 Å². The van der Waals surface area contributed by atoms with Gasteiger partial charge >= 0.3 is 0 Å². The van der Waals surface area contributed by atoms with Gasteiger partial charge in [0.05, 0.1) is 5.56 Å². The van der Waals surface area contributed by atoms with Crippen LogP contribution in [0.1, 0.15) is 50.2 Å². The largest absolute Gasteiger partial charge is 0.360 e. The maximum Gasteiger partial charge on any atom is 0.255 e. The van der Waals surface area contributed by atoms with Crippen molar-refractivity contribution in [1.82, 2.24) is 10.5 Å². The Morgan fingerprint density at radius 2 is 1.82 bits per heavy atom. The molecule has 2 aromatic carbocycles. The third-order valence-electron chi connectivity index (χ3n) is 6.06. The van der Waals surface area contributed by atoms with Crippen LogP contribution in [0.25, 0.3) is 22.4 Å². The minimum Gasteiger partial charge on any atom is -0.360 e. The van der Waals surface area contributed by atoms with Gasteiger partial charge in [0.25, 0.3) is 5.91 Å². The lowest BCUT2D eigenvalue weighted by Gasteiger charge is -2.31. The van der Waals surface area contributed by atoms with Gasteiger partial charge in [-0.2, -0.15) is 0 Å². The van der Waals surface area contributed by atoms with Crippen molar-refractivity contribution in [3.05, 3.63) is 89.1 Å². The SMILES string of the molecule is Cc1onc(-c2ccc(C(=O)NC3=CC=C(C(C)(C)C)C(C)C3)cc2)c1-c1cccc(F)c1. The first-order valence-corrected chi connectivity index (χ1v) is 11.2. The van der Waals surface area contributed by atoms with Crippen LogP contribution in [0.3, 0.4) is 0 Å². The highest BCUT2D eigenvalue weighted by atomic mass is 19.1. The maximum absolute atomic E-state index is 13.8. The number of hydrogen-bond donors (Lipinski definition) is 1. The third kappa shape index (κ3) is 4.82. The number of halogens is 1. The average molecular weight is 445 g/mol. The first-order chi connectivity index (χ1) is 15.6. The van der Waals surface area contributed by atoms with E-state index in [1.54, 1.807) is 25.1 Å². The lowest BCUT2D eigenvalue weighted by Crippen LogP contribution is -2.27. The zero-order chi connectivity index (χ0) is 23.8. The Labute approximate surface area is 194 Å². The van der Waals surface area contributed by atoms with Gasteiger partial charge in [-0.15, -0.1) is 0 Å². The van der Waals surface area contributed by atoms with Gasteiger partial charge in [-0.25, -0.2) is 4.39 Å². The van der Waals surface area contributed by atoms with Crippen LogP contribution in [0.4, 0.5) is 4.39 Å². The Balaban J connectivity index is 1.54. The van der Waals surface area contributed by atoms with Gasteiger partial charge in [-0.1, -0.05) is 68.8 Å². The molecular weight excluding hydrogens is 415 g/mol. The second-order valence-electron chi connectivity index (χ2n) is 9.67. The summed E-state index contributed by atoms with van der Waals surface area (Å²) >= 11 is 0. The minimum absolute atomic E-state index is 0.116. The number of carbonyl (C=O) groups is 1. The minimum atomic E-state index is -0.318. The highest BCUT2D eigenvalue weighted by Crippen LogP contribution is 2.37. The van der Waals surface area contributed by atoms with Crippen molar-refractivity contribution in [3.8, 4) is 22.4 Å². The van der Waals surface area contributed by atoms with Crippen molar-refractivity contribution in [2.75, 3.05) is 0 Å². The van der Waals surface area contributed by atoms with E-state index in [2.05, 4.69) is 44.2 Å². The van der Waals surface area contributed by atoms with Gasteiger partial charge < -0.3 is 9.84 Å². The number of aryl methyl sites for hydroxylation is 1. The smallest absolute Gasteiger partial charge is 0.255 e. The predicted octanol–water partition coefficient (Wildman–Crippen LogP) is 7.08. The van der Waals surface area contributed by atoms with Gasteiger partial charge in [0.2, 0.25) is 0 Å². The molecular formula is C28H29FN2O2. The Hall–Kier alpha value is -3.47. The highest BCUT2D eigenvalue weighted by Gasteiger charge is 2.25. The zero-order valence-corrected chi connectivity index (χ0v) is 19.7. The van der Waals surface area contributed by atoms with Gasteiger partial charge in [-0.3, -0.25) is 4.79 Å². The molecule has 0 fully saturated rings. The quantitative estimate of drug-likeness (QED) is 0.468. The normalized spacial score (nSPS) is 16.2. The number of benzene rings is 2. The molecule has 5 heteroatoms. The third-order valence-corrected chi connectivity index (χ3v) is 6.06. The molecule has 1 aromatic heterocycles. The monoisotopic (exact) mass is 444 g/mol. The van der Waals surface area contributed by atoms with Crippen molar-refractivity contribution in [1.29, 1.82) is 0 Å². The van der Waals surface area contributed by atoms with Crippen molar-refractivity contribution < 1.29 is 13.7 Å². The van der Waals surface area contributed by atoms with Crippen molar-refractivity contribution >= 4 is 5.91 Å². The molecule has 0 spiro atoms.